The van der Waals surface area contributed by atoms with E-state index in [1.54, 1.807) is 13.1 Å². The van der Waals surface area contributed by atoms with Crippen LogP contribution in [0.15, 0.2) is 18.7 Å². The van der Waals surface area contributed by atoms with Crippen molar-refractivity contribution in [1.29, 1.82) is 0 Å². The third-order valence-electron chi connectivity index (χ3n) is 2.15. The normalized spacial score (nSPS) is 14.6. The van der Waals surface area contributed by atoms with E-state index in [-0.39, 0.29) is 12.6 Å². The van der Waals surface area contributed by atoms with Crippen molar-refractivity contribution >= 4 is 6.03 Å². The number of aromatic nitrogens is 2. The minimum Gasteiger partial charge on any atom is -0.388 e. The van der Waals surface area contributed by atoms with Crippen LogP contribution in [0, 0.1) is 0 Å². The number of carbonyl (C=O) groups excluding carboxylic acids is 1. The van der Waals surface area contributed by atoms with Gasteiger partial charge in [-0.05, 0) is 13.3 Å². The summed E-state index contributed by atoms with van der Waals surface area (Å²) in [6, 6.07) is -0.274. The summed E-state index contributed by atoms with van der Waals surface area (Å²) < 4.78 is 1.34. The van der Waals surface area contributed by atoms with E-state index in [2.05, 4.69) is 10.3 Å². The molecule has 0 saturated heterocycles. The van der Waals surface area contributed by atoms with Crippen LogP contribution in [0.5, 0.6) is 0 Å². The highest BCUT2D eigenvalue weighted by molar-refractivity contribution is 5.76. The number of imidazole rings is 1. The maximum Gasteiger partial charge on any atom is 0.326 e. The molecular formula is C10H17N3O2. The molecule has 1 aromatic heterocycles. The predicted molar refractivity (Wildman–Crippen MR) is 56.6 cm³/mol. The van der Waals surface area contributed by atoms with Gasteiger partial charge in [0.05, 0.1) is 5.60 Å². The molecule has 15 heavy (non-hydrogen) atoms. The SMILES string of the molecule is CCCC(C)(O)CNC(=O)n1ccnc1. The average molecular weight is 211 g/mol. The van der Waals surface area contributed by atoms with Crippen molar-refractivity contribution in [2.75, 3.05) is 6.54 Å². The minimum atomic E-state index is -0.842. The van der Waals surface area contributed by atoms with Crippen molar-refractivity contribution in [1.82, 2.24) is 14.9 Å². The molecule has 0 fully saturated rings. The number of rotatable bonds is 4. The van der Waals surface area contributed by atoms with Gasteiger partial charge in [-0.25, -0.2) is 9.78 Å². The first-order chi connectivity index (χ1) is 7.05. The van der Waals surface area contributed by atoms with Crippen LogP contribution in [-0.2, 0) is 0 Å². The molecule has 0 radical (unpaired) electrons. The van der Waals surface area contributed by atoms with Gasteiger partial charge < -0.3 is 10.4 Å². The first kappa shape index (κ1) is 11.7. The summed E-state index contributed by atoms with van der Waals surface area (Å²) in [6.07, 6.45) is 6.06. The van der Waals surface area contributed by atoms with Gasteiger partial charge in [0.15, 0.2) is 0 Å². The van der Waals surface area contributed by atoms with Crippen LogP contribution in [0.4, 0.5) is 4.79 Å². The Balaban J connectivity index is 2.40. The molecule has 5 heteroatoms. The van der Waals surface area contributed by atoms with E-state index in [4.69, 9.17) is 0 Å². The molecule has 0 aromatic carbocycles. The van der Waals surface area contributed by atoms with Crippen LogP contribution in [-0.4, -0.2) is 32.8 Å². The molecule has 1 amide bonds. The summed E-state index contributed by atoms with van der Waals surface area (Å²) in [6.45, 7) is 3.95. The molecule has 0 aliphatic heterocycles. The molecule has 0 bridgehead atoms. The van der Waals surface area contributed by atoms with Gasteiger partial charge in [0, 0.05) is 18.9 Å². The number of carbonyl (C=O) groups is 1. The second-order valence-electron chi connectivity index (χ2n) is 3.88. The monoisotopic (exact) mass is 211 g/mol. The second kappa shape index (κ2) is 4.93. The molecule has 0 spiro atoms. The van der Waals surface area contributed by atoms with Gasteiger partial charge in [0.1, 0.15) is 6.33 Å². The zero-order valence-corrected chi connectivity index (χ0v) is 9.10. The standard InChI is InChI=1S/C10H17N3O2/c1-3-4-10(2,15)7-12-9(14)13-6-5-11-8-13/h5-6,8,15H,3-4,7H2,1-2H3,(H,12,14). The topological polar surface area (TPSA) is 67.2 Å². The number of amides is 1. The molecule has 5 nitrogen and oxygen atoms in total. The van der Waals surface area contributed by atoms with Crippen LogP contribution in [0.25, 0.3) is 0 Å². The van der Waals surface area contributed by atoms with Crippen LogP contribution < -0.4 is 5.32 Å². The number of aliphatic hydroxyl groups is 1. The highest BCUT2D eigenvalue weighted by Gasteiger charge is 2.19. The Morgan fingerprint density at radius 1 is 1.67 bits per heavy atom. The maximum atomic E-state index is 11.5. The molecule has 1 heterocycles. The van der Waals surface area contributed by atoms with Crippen molar-refractivity contribution in [3.05, 3.63) is 18.7 Å². The molecule has 0 saturated carbocycles. The number of nitrogens with one attached hydrogen (secondary N) is 1. The molecule has 84 valence electrons. The first-order valence-corrected chi connectivity index (χ1v) is 5.04. The van der Waals surface area contributed by atoms with Gasteiger partial charge in [0.25, 0.3) is 0 Å². The van der Waals surface area contributed by atoms with E-state index in [1.807, 2.05) is 6.92 Å². The first-order valence-electron chi connectivity index (χ1n) is 5.04. The fourth-order valence-electron chi connectivity index (χ4n) is 1.36. The van der Waals surface area contributed by atoms with Gasteiger partial charge in [0.2, 0.25) is 0 Å². The van der Waals surface area contributed by atoms with Crippen molar-refractivity contribution in [2.45, 2.75) is 32.3 Å². The minimum absolute atomic E-state index is 0.248. The maximum absolute atomic E-state index is 11.5. The molecule has 0 aliphatic rings. The van der Waals surface area contributed by atoms with Gasteiger partial charge in [-0.1, -0.05) is 13.3 Å². The van der Waals surface area contributed by atoms with Crippen molar-refractivity contribution < 1.29 is 9.90 Å². The lowest BCUT2D eigenvalue weighted by atomic mass is 10.0. The van der Waals surface area contributed by atoms with E-state index < -0.39 is 5.60 Å². The van der Waals surface area contributed by atoms with Crippen molar-refractivity contribution in [3.63, 3.8) is 0 Å². The molecular weight excluding hydrogens is 194 g/mol. The van der Waals surface area contributed by atoms with Crippen LogP contribution in [0.3, 0.4) is 0 Å². The van der Waals surface area contributed by atoms with Gasteiger partial charge in [-0.3, -0.25) is 4.57 Å². The second-order valence-corrected chi connectivity index (χ2v) is 3.88. The Morgan fingerprint density at radius 2 is 2.40 bits per heavy atom. The van der Waals surface area contributed by atoms with Crippen molar-refractivity contribution in [3.8, 4) is 0 Å². The van der Waals surface area contributed by atoms with Crippen molar-refractivity contribution in [2.24, 2.45) is 0 Å². The average Bonchev–Trinajstić information content (AvgIpc) is 2.67. The lowest BCUT2D eigenvalue weighted by Crippen LogP contribution is -2.41. The summed E-state index contributed by atoms with van der Waals surface area (Å²) in [5, 5.41) is 12.5. The zero-order chi connectivity index (χ0) is 11.3. The summed E-state index contributed by atoms with van der Waals surface area (Å²) in [7, 11) is 0. The van der Waals surface area contributed by atoms with Gasteiger partial charge >= 0.3 is 6.03 Å². The Bertz CT molecular complexity index is 306. The quantitative estimate of drug-likeness (QED) is 0.780. The Kier molecular flexibility index (Phi) is 3.85. The Labute approximate surface area is 89.1 Å². The predicted octanol–water partition coefficient (Wildman–Crippen LogP) is 0.992. The molecule has 0 aliphatic carbocycles. The summed E-state index contributed by atoms with van der Waals surface area (Å²) in [5.41, 5.74) is -0.842. The van der Waals surface area contributed by atoms with E-state index in [0.29, 0.717) is 6.42 Å². The molecule has 1 atom stereocenters. The van der Waals surface area contributed by atoms with E-state index >= 15 is 0 Å². The van der Waals surface area contributed by atoms with Crippen LogP contribution >= 0.6 is 0 Å². The summed E-state index contributed by atoms with van der Waals surface area (Å²) in [5.74, 6) is 0. The molecule has 1 aromatic rings. The van der Waals surface area contributed by atoms with Crippen LogP contribution in [0.1, 0.15) is 26.7 Å². The smallest absolute Gasteiger partial charge is 0.326 e. The lowest BCUT2D eigenvalue weighted by Gasteiger charge is -2.22. The van der Waals surface area contributed by atoms with Crippen LogP contribution in [0.2, 0.25) is 0 Å². The highest BCUT2D eigenvalue weighted by Crippen LogP contribution is 2.09. The van der Waals surface area contributed by atoms with E-state index in [1.165, 1.54) is 17.1 Å². The Morgan fingerprint density at radius 3 is 2.93 bits per heavy atom. The number of nitrogens with zero attached hydrogens (tertiary/aromatic N) is 2. The Hall–Kier alpha value is -1.36. The van der Waals surface area contributed by atoms with Gasteiger partial charge in [-0.2, -0.15) is 0 Å². The fourth-order valence-corrected chi connectivity index (χ4v) is 1.36. The number of hydrogen-bond acceptors (Lipinski definition) is 3. The van der Waals surface area contributed by atoms with E-state index in [0.717, 1.165) is 6.42 Å². The van der Waals surface area contributed by atoms with E-state index in [9.17, 15) is 9.90 Å². The highest BCUT2D eigenvalue weighted by atomic mass is 16.3. The third kappa shape index (κ3) is 3.71. The summed E-state index contributed by atoms with van der Waals surface area (Å²) >= 11 is 0. The zero-order valence-electron chi connectivity index (χ0n) is 9.10. The number of hydrogen-bond donors (Lipinski definition) is 2. The van der Waals surface area contributed by atoms with Gasteiger partial charge in [-0.15, -0.1) is 0 Å². The third-order valence-corrected chi connectivity index (χ3v) is 2.15. The largest absolute Gasteiger partial charge is 0.388 e. The lowest BCUT2D eigenvalue weighted by molar-refractivity contribution is 0.0524. The molecule has 1 rings (SSSR count). The molecule has 1 unspecified atom stereocenters. The molecule has 2 N–H and O–H groups in total. The summed E-state index contributed by atoms with van der Waals surface area (Å²) in [4.78, 5) is 15.2. The fraction of sp³-hybridized carbons (Fsp3) is 0.600.